The van der Waals surface area contributed by atoms with Crippen molar-refractivity contribution >= 4 is 12.9 Å². The largest absolute Gasteiger partial charge is 0.493 e. The van der Waals surface area contributed by atoms with Crippen LogP contribution in [0.3, 0.4) is 0 Å². The molecule has 3 nitrogen and oxygen atoms in total. The van der Waals surface area contributed by atoms with Crippen molar-refractivity contribution in [1.82, 2.24) is 0 Å². The highest BCUT2D eigenvalue weighted by Gasteiger charge is 2.40. The standard InChI is InChI=1S/C16H24BO3/c1-11-9-14-12(7-6-8-19-14)10-13(11)17-20-16(4,5)15(2,3)18/h9-10,18H,6-8H2,1-5H3/p+1. The Hall–Kier alpha value is -0.995. The summed E-state index contributed by atoms with van der Waals surface area (Å²) in [6, 6.07) is 4.24. The van der Waals surface area contributed by atoms with Crippen molar-refractivity contribution < 1.29 is 14.5 Å². The molecular formula is C16H25BO3+. The maximum absolute atomic E-state index is 8.14. The zero-order chi connectivity index (χ0) is 15.0. The number of hydrogen-bond acceptors (Lipinski definition) is 2. The monoisotopic (exact) mass is 276 g/mol. The van der Waals surface area contributed by atoms with Gasteiger partial charge in [0.1, 0.15) is 11.4 Å². The van der Waals surface area contributed by atoms with E-state index in [0.29, 0.717) is 0 Å². The summed E-state index contributed by atoms with van der Waals surface area (Å²) in [7, 11) is 1.79. The lowest BCUT2D eigenvalue weighted by molar-refractivity contribution is -0.0893. The molecule has 0 amide bonds. The molecular weight excluding hydrogens is 251 g/mol. The molecule has 4 heteroatoms. The van der Waals surface area contributed by atoms with Crippen LogP contribution in [0.25, 0.3) is 0 Å². The van der Waals surface area contributed by atoms with Gasteiger partial charge in [0.2, 0.25) is 0 Å². The minimum absolute atomic E-state index is 0.536. The molecule has 0 spiro atoms. The lowest BCUT2D eigenvalue weighted by atomic mass is 9.79. The zero-order valence-electron chi connectivity index (χ0n) is 13.2. The number of aryl methyl sites for hydroxylation is 2. The molecule has 1 aliphatic rings. The summed E-state index contributed by atoms with van der Waals surface area (Å²) >= 11 is 0. The van der Waals surface area contributed by atoms with Crippen LogP contribution in [0.2, 0.25) is 0 Å². The predicted octanol–water partition coefficient (Wildman–Crippen LogP) is 1.86. The topological polar surface area (TPSA) is 41.4 Å². The molecule has 1 aromatic carbocycles. The van der Waals surface area contributed by atoms with Crippen molar-refractivity contribution in [3.63, 3.8) is 0 Å². The summed E-state index contributed by atoms with van der Waals surface area (Å²) < 4.78 is 11.6. The van der Waals surface area contributed by atoms with E-state index in [1.165, 1.54) is 5.56 Å². The van der Waals surface area contributed by atoms with Crippen LogP contribution in [0.15, 0.2) is 12.1 Å². The molecule has 1 aliphatic heterocycles. The van der Waals surface area contributed by atoms with Crippen molar-refractivity contribution in [3.05, 3.63) is 23.3 Å². The van der Waals surface area contributed by atoms with Crippen molar-refractivity contribution in [1.29, 1.82) is 0 Å². The van der Waals surface area contributed by atoms with Gasteiger partial charge in [0.05, 0.1) is 6.61 Å². The minimum atomic E-state index is -0.658. The van der Waals surface area contributed by atoms with E-state index in [-0.39, 0.29) is 0 Å². The van der Waals surface area contributed by atoms with Crippen LogP contribution >= 0.6 is 0 Å². The molecule has 1 radical (unpaired) electrons. The molecule has 109 valence electrons. The Bertz CT molecular complexity index is 489. The Kier molecular flexibility index (Phi) is 4.17. The molecule has 2 rings (SSSR count). The van der Waals surface area contributed by atoms with Crippen LogP contribution in [0.4, 0.5) is 0 Å². The second-order valence-corrected chi connectivity index (χ2v) is 6.64. The summed E-state index contributed by atoms with van der Waals surface area (Å²) in [5, 5.41) is 8.14. The molecule has 20 heavy (non-hydrogen) atoms. The van der Waals surface area contributed by atoms with Gasteiger partial charge in [-0.3, -0.25) is 0 Å². The molecule has 1 heterocycles. The summed E-state index contributed by atoms with van der Waals surface area (Å²) in [6.45, 7) is 10.5. The second kappa shape index (κ2) is 5.42. The van der Waals surface area contributed by atoms with Crippen LogP contribution in [0.5, 0.6) is 5.75 Å². The molecule has 2 N–H and O–H groups in total. The Labute approximate surface area is 122 Å². The van der Waals surface area contributed by atoms with Crippen LogP contribution in [0.1, 0.15) is 45.2 Å². The quantitative estimate of drug-likeness (QED) is 0.622. The van der Waals surface area contributed by atoms with E-state index < -0.39 is 11.2 Å². The molecule has 0 atom stereocenters. The van der Waals surface area contributed by atoms with E-state index in [4.69, 9.17) is 14.5 Å². The number of benzene rings is 1. The fraction of sp³-hybridized carbons (Fsp3) is 0.625. The van der Waals surface area contributed by atoms with E-state index >= 15 is 0 Å². The Balaban J connectivity index is 2.14. The zero-order valence-corrected chi connectivity index (χ0v) is 13.2. The van der Waals surface area contributed by atoms with Crippen molar-refractivity contribution in [2.45, 2.75) is 58.7 Å². The van der Waals surface area contributed by atoms with Gasteiger partial charge in [-0.25, -0.2) is 0 Å². The van der Waals surface area contributed by atoms with Gasteiger partial charge >= 0.3 is 7.48 Å². The Morgan fingerprint density at radius 3 is 2.60 bits per heavy atom. The first-order chi connectivity index (χ1) is 9.21. The molecule has 0 saturated carbocycles. The van der Waals surface area contributed by atoms with Gasteiger partial charge in [0.15, 0.2) is 5.60 Å². The highest BCUT2D eigenvalue weighted by Crippen LogP contribution is 2.26. The Morgan fingerprint density at radius 2 is 1.95 bits per heavy atom. The lowest BCUT2D eigenvalue weighted by Gasteiger charge is -2.34. The predicted molar refractivity (Wildman–Crippen MR) is 83.2 cm³/mol. The van der Waals surface area contributed by atoms with Crippen LogP contribution in [-0.2, 0) is 11.1 Å². The van der Waals surface area contributed by atoms with Gasteiger partial charge in [-0.2, -0.15) is 0 Å². The van der Waals surface area contributed by atoms with Gasteiger partial charge in [0.25, 0.3) is 0 Å². The van der Waals surface area contributed by atoms with Gasteiger partial charge in [0, 0.05) is 13.8 Å². The van der Waals surface area contributed by atoms with E-state index in [9.17, 15) is 0 Å². The molecule has 0 aromatic heterocycles. The van der Waals surface area contributed by atoms with Gasteiger partial charge < -0.3 is 14.5 Å². The summed E-state index contributed by atoms with van der Waals surface area (Å²) in [5.74, 6) is 1.01. The first kappa shape index (κ1) is 15.4. The molecule has 0 bridgehead atoms. The van der Waals surface area contributed by atoms with E-state index in [1.54, 1.807) is 7.48 Å². The number of hydrogen-bond donors (Lipinski definition) is 0. The summed E-state index contributed by atoms with van der Waals surface area (Å²) in [5.41, 5.74) is 2.27. The highest BCUT2D eigenvalue weighted by molar-refractivity contribution is 6.47. The van der Waals surface area contributed by atoms with Gasteiger partial charge in [-0.05, 0) is 45.2 Å². The molecule has 0 unspecified atom stereocenters. The minimum Gasteiger partial charge on any atom is -0.493 e. The van der Waals surface area contributed by atoms with Crippen LogP contribution in [0, 0.1) is 6.92 Å². The molecule has 0 fully saturated rings. The van der Waals surface area contributed by atoms with Crippen molar-refractivity contribution in [2.75, 3.05) is 6.61 Å². The Morgan fingerprint density at radius 1 is 1.25 bits per heavy atom. The first-order valence-electron chi connectivity index (χ1n) is 7.23. The number of rotatable bonds is 4. The smallest absolute Gasteiger partial charge is 0.331 e. The molecule has 1 aromatic rings. The summed E-state index contributed by atoms with van der Waals surface area (Å²) in [6.07, 6.45) is 2.13. The fourth-order valence-electron chi connectivity index (χ4n) is 2.00. The lowest BCUT2D eigenvalue weighted by Crippen LogP contribution is -2.49. The van der Waals surface area contributed by atoms with Crippen LogP contribution in [-0.4, -0.2) is 30.4 Å². The third-order valence-electron chi connectivity index (χ3n) is 4.28. The average Bonchev–Trinajstić information content (AvgIpc) is 2.35. The van der Waals surface area contributed by atoms with Crippen molar-refractivity contribution in [3.8, 4) is 5.75 Å². The first-order valence-corrected chi connectivity index (χ1v) is 7.23. The van der Waals surface area contributed by atoms with Crippen molar-refractivity contribution in [2.24, 2.45) is 0 Å². The van der Waals surface area contributed by atoms with E-state index in [1.807, 2.05) is 27.7 Å². The third-order valence-corrected chi connectivity index (χ3v) is 4.28. The van der Waals surface area contributed by atoms with E-state index in [0.717, 1.165) is 36.2 Å². The van der Waals surface area contributed by atoms with Crippen LogP contribution < -0.4 is 10.2 Å². The molecule has 0 saturated heterocycles. The normalized spacial score (nSPS) is 15.5. The number of ether oxygens (including phenoxy) is 1. The summed E-state index contributed by atoms with van der Waals surface area (Å²) in [4.78, 5) is 0. The number of fused-ring (bicyclic) bond motifs is 1. The average molecular weight is 276 g/mol. The highest BCUT2D eigenvalue weighted by atomic mass is 16.5. The maximum atomic E-state index is 8.14. The second-order valence-electron chi connectivity index (χ2n) is 6.64. The van der Waals surface area contributed by atoms with E-state index in [2.05, 4.69) is 19.1 Å². The molecule has 0 aliphatic carbocycles. The fourth-order valence-corrected chi connectivity index (χ4v) is 2.00. The third kappa shape index (κ3) is 3.18. The van der Waals surface area contributed by atoms with Gasteiger partial charge in [-0.1, -0.05) is 17.1 Å². The SMILES string of the molecule is Cc1cc2c(cc1[B]OC(C)(C)C(C)(C)[OH2+])CCCO2. The maximum Gasteiger partial charge on any atom is 0.331 e. The van der Waals surface area contributed by atoms with Gasteiger partial charge in [-0.15, -0.1) is 0 Å².